The molecule has 3 N–H and O–H groups in total. The van der Waals surface area contributed by atoms with E-state index in [1.807, 2.05) is 55.5 Å². The summed E-state index contributed by atoms with van der Waals surface area (Å²) in [6.45, 7) is 2.04. The third kappa shape index (κ3) is 4.07. The maximum atomic E-state index is 9.38. The van der Waals surface area contributed by atoms with Crippen molar-refractivity contribution in [2.75, 3.05) is 0 Å². The van der Waals surface area contributed by atoms with Crippen molar-refractivity contribution in [3.8, 4) is 5.75 Å². The molecule has 0 atom stereocenters. The van der Waals surface area contributed by atoms with Crippen molar-refractivity contribution in [1.82, 2.24) is 15.4 Å². The fraction of sp³-hybridized carbons (Fsp3) is 0.0455. The normalized spacial score (nSPS) is 12.0. The van der Waals surface area contributed by atoms with E-state index in [4.69, 9.17) is 0 Å². The smallest absolute Gasteiger partial charge is 0.190 e. The number of phenols is 1. The molecule has 0 radical (unpaired) electrons. The van der Waals surface area contributed by atoms with E-state index in [-0.39, 0.29) is 5.75 Å². The van der Waals surface area contributed by atoms with Crippen LogP contribution in [0.3, 0.4) is 0 Å². The van der Waals surface area contributed by atoms with Gasteiger partial charge in [0.25, 0.3) is 0 Å². The molecule has 0 aliphatic carbocycles. The average molecular weight is 369 g/mol. The van der Waals surface area contributed by atoms with Crippen LogP contribution in [0.2, 0.25) is 0 Å². The zero-order valence-electron chi connectivity index (χ0n) is 15.3. The first kappa shape index (κ1) is 17.5. The molecule has 1 aromatic heterocycles. The van der Waals surface area contributed by atoms with E-state index < -0.39 is 0 Å². The minimum Gasteiger partial charge on any atom is -0.508 e. The number of nitrogens with zero attached hydrogens (tertiary/aromatic N) is 3. The number of aryl methyl sites for hydroxylation is 1. The third-order valence-electron chi connectivity index (χ3n) is 4.17. The highest BCUT2D eigenvalue weighted by Crippen LogP contribution is 2.16. The topological polar surface area (TPSA) is 85.7 Å². The first-order valence-electron chi connectivity index (χ1n) is 8.86. The highest BCUT2D eigenvalue weighted by atomic mass is 16.3. The molecular weight excluding hydrogens is 350 g/mol. The van der Waals surface area contributed by atoms with Crippen LogP contribution in [-0.2, 0) is 0 Å². The van der Waals surface area contributed by atoms with Crippen molar-refractivity contribution >= 4 is 28.8 Å². The Morgan fingerprint density at radius 1 is 1.00 bits per heavy atom. The zero-order chi connectivity index (χ0) is 19.3. The number of aromatic amines is 1. The van der Waals surface area contributed by atoms with E-state index in [9.17, 15) is 5.11 Å². The van der Waals surface area contributed by atoms with Crippen LogP contribution in [0, 0.1) is 6.92 Å². The minimum atomic E-state index is 0.217. The molecule has 28 heavy (non-hydrogen) atoms. The number of benzene rings is 3. The van der Waals surface area contributed by atoms with Crippen LogP contribution in [-0.4, -0.2) is 27.1 Å². The third-order valence-corrected chi connectivity index (χ3v) is 4.17. The van der Waals surface area contributed by atoms with Crippen LogP contribution in [0.1, 0.15) is 17.0 Å². The largest absolute Gasteiger partial charge is 0.508 e. The first-order chi connectivity index (χ1) is 13.7. The molecular formula is C22H19N5O. The molecule has 0 aliphatic heterocycles. The van der Waals surface area contributed by atoms with Gasteiger partial charge in [-0.15, -0.1) is 0 Å². The second-order valence-corrected chi connectivity index (χ2v) is 6.36. The molecule has 4 rings (SSSR count). The summed E-state index contributed by atoms with van der Waals surface area (Å²) in [7, 11) is 0. The second kappa shape index (κ2) is 7.75. The molecule has 0 spiro atoms. The van der Waals surface area contributed by atoms with Gasteiger partial charge < -0.3 is 10.1 Å². The molecule has 0 amide bonds. The number of rotatable bonds is 4. The lowest BCUT2D eigenvalue weighted by Crippen LogP contribution is -2.20. The fourth-order valence-electron chi connectivity index (χ4n) is 2.67. The highest BCUT2D eigenvalue weighted by Gasteiger charge is 2.09. The molecule has 6 nitrogen and oxygen atoms in total. The predicted octanol–water partition coefficient (Wildman–Crippen LogP) is 4.28. The van der Waals surface area contributed by atoms with Crippen molar-refractivity contribution in [3.05, 3.63) is 89.7 Å². The van der Waals surface area contributed by atoms with E-state index in [1.165, 1.54) is 5.56 Å². The zero-order valence-corrected chi connectivity index (χ0v) is 15.3. The van der Waals surface area contributed by atoms with Gasteiger partial charge in [-0.2, -0.15) is 5.10 Å². The van der Waals surface area contributed by atoms with Gasteiger partial charge in [0.2, 0.25) is 0 Å². The van der Waals surface area contributed by atoms with Crippen LogP contribution in [0.5, 0.6) is 5.75 Å². The predicted molar refractivity (Wildman–Crippen MR) is 112 cm³/mol. The van der Waals surface area contributed by atoms with Gasteiger partial charge in [-0.3, -0.25) is 5.43 Å². The van der Waals surface area contributed by atoms with Gasteiger partial charge in [-0.05, 0) is 61.0 Å². The number of para-hydroxylation sites is 2. The van der Waals surface area contributed by atoms with E-state index in [2.05, 4.69) is 25.5 Å². The summed E-state index contributed by atoms with van der Waals surface area (Å²) in [6.07, 6.45) is 1.66. The molecule has 0 saturated carbocycles. The van der Waals surface area contributed by atoms with Crippen molar-refractivity contribution < 1.29 is 5.11 Å². The van der Waals surface area contributed by atoms with Gasteiger partial charge in [0.05, 0.1) is 22.9 Å². The van der Waals surface area contributed by atoms with Gasteiger partial charge in [-0.1, -0.05) is 29.8 Å². The maximum absolute atomic E-state index is 9.38. The Kier molecular flexibility index (Phi) is 4.84. The second-order valence-electron chi connectivity index (χ2n) is 6.36. The van der Waals surface area contributed by atoms with Gasteiger partial charge in [-0.25, -0.2) is 9.98 Å². The summed E-state index contributed by atoms with van der Waals surface area (Å²) < 4.78 is 0. The number of phenolic OH excluding ortho intramolecular Hbond substituents is 1. The number of aromatic nitrogens is 2. The van der Waals surface area contributed by atoms with E-state index in [1.54, 1.807) is 30.5 Å². The quantitative estimate of drug-likeness (QED) is 0.285. The standard InChI is InChI=1S/C22H19N5O/c1-15-6-10-17(11-7-15)24-22(21-25-19-4-2-3-5-20(19)26-21)27-23-14-16-8-12-18(28)13-9-16/h2-14,28H,1H3,(H,24,27)(H,25,26)/b23-14+. The number of aromatic hydroxyl groups is 1. The number of hydrazone groups is 1. The van der Waals surface area contributed by atoms with Gasteiger partial charge in [0.15, 0.2) is 11.7 Å². The van der Waals surface area contributed by atoms with Crippen molar-refractivity contribution in [2.24, 2.45) is 10.1 Å². The molecule has 6 heteroatoms. The van der Waals surface area contributed by atoms with Crippen LogP contribution >= 0.6 is 0 Å². The molecule has 0 unspecified atom stereocenters. The molecule has 4 aromatic rings. The number of fused-ring (bicyclic) bond motifs is 1. The molecule has 138 valence electrons. The lowest BCUT2D eigenvalue weighted by atomic mass is 10.2. The van der Waals surface area contributed by atoms with Crippen LogP contribution < -0.4 is 5.43 Å². The monoisotopic (exact) mass is 369 g/mol. The SMILES string of the molecule is Cc1ccc(N=C(N/N=C/c2ccc(O)cc2)c2nc3ccccc3[nH]2)cc1. The Morgan fingerprint density at radius 3 is 2.50 bits per heavy atom. The number of hydrogen-bond acceptors (Lipinski definition) is 4. The molecule has 0 aliphatic rings. The van der Waals surface area contributed by atoms with Crippen LogP contribution in [0.4, 0.5) is 5.69 Å². The van der Waals surface area contributed by atoms with Crippen molar-refractivity contribution in [1.29, 1.82) is 0 Å². The lowest BCUT2D eigenvalue weighted by molar-refractivity contribution is 0.475. The number of H-pyrrole nitrogens is 1. The molecule has 0 saturated heterocycles. The Labute approximate surface area is 162 Å². The summed E-state index contributed by atoms with van der Waals surface area (Å²) in [5.41, 5.74) is 7.60. The Morgan fingerprint density at radius 2 is 1.75 bits per heavy atom. The molecule has 1 heterocycles. The summed E-state index contributed by atoms with van der Waals surface area (Å²) in [4.78, 5) is 12.5. The number of hydrogen-bond donors (Lipinski definition) is 3. The summed E-state index contributed by atoms with van der Waals surface area (Å²) in [6, 6.07) is 22.5. The van der Waals surface area contributed by atoms with Crippen molar-refractivity contribution in [3.63, 3.8) is 0 Å². The molecule has 3 aromatic carbocycles. The van der Waals surface area contributed by atoms with Crippen LogP contribution in [0.15, 0.2) is 82.9 Å². The van der Waals surface area contributed by atoms with E-state index in [0.29, 0.717) is 11.7 Å². The van der Waals surface area contributed by atoms with Crippen LogP contribution in [0.25, 0.3) is 11.0 Å². The minimum absolute atomic E-state index is 0.217. The fourth-order valence-corrected chi connectivity index (χ4v) is 2.67. The first-order valence-corrected chi connectivity index (χ1v) is 8.86. The average Bonchev–Trinajstić information content (AvgIpc) is 3.14. The summed E-state index contributed by atoms with van der Waals surface area (Å²) in [5.74, 6) is 1.33. The van der Waals surface area contributed by atoms with Gasteiger partial charge in [0.1, 0.15) is 5.75 Å². The Hall–Kier alpha value is -3.93. The van der Waals surface area contributed by atoms with Gasteiger partial charge in [0, 0.05) is 0 Å². The Balaban J connectivity index is 1.66. The van der Waals surface area contributed by atoms with E-state index >= 15 is 0 Å². The summed E-state index contributed by atoms with van der Waals surface area (Å²) >= 11 is 0. The number of aliphatic imine (C=N–C) groups is 1. The summed E-state index contributed by atoms with van der Waals surface area (Å²) in [5, 5.41) is 13.7. The van der Waals surface area contributed by atoms with Gasteiger partial charge >= 0.3 is 0 Å². The lowest BCUT2D eigenvalue weighted by Gasteiger charge is -2.03. The highest BCUT2D eigenvalue weighted by molar-refractivity contribution is 6.00. The van der Waals surface area contributed by atoms with E-state index in [0.717, 1.165) is 22.3 Å². The molecule has 0 bridgehead atoms. The number of imidazole rings is 1. The number of amidine groups is 1. The Bertz CT molecular complexity index is 1110. The maximum Gasteiger partial charge on any atom is 0.190 e. The molecule has 0 fully saturated rings. The number of nitrogens with one attached hydrogen (secondary N) is 2. The van der Waals surface area contributed by atoms with Crippen molar-refractivity contribution in [2.45, 2.75) is 6.92 Å².